The summed E-state index contributed by atoms with van der Waals surface area (Å²) in [7, 11) is 0. The zero-order valence-corrected chi connectivity index (χ0v) is 13.7. The van der Waals surface area contributed by atoms with Crippen molar-refractivity contribution in [2.75, 3.05) is 0 Å². The molecule has 4 heteroatoms. The second-order valence-corrected chi connectivity index (χ2v) is 9.31. The van der Waals surface area contributed by atoms with E-state index in [1.54, 1.807) is 11.3 Å². The molecule has 0 spiro atoms. The molecule has 17 heavy (non-hydrogen) atoms. The van der Waals surface area contributed by atoms with Gasteiger partial charge in [-0.2, -0.15) is 0 Å². The molecule has 1 heterocycles. The minimum atomic E-state index is 0.205. The van der Waals surface area contributed by atoms with Crippen LogP contribution in [-0.4, -0.2) is 0 Å². The fraction of sp³-hybridized carbons (Fsp3) is 0.692. The molecule has 0 amide bonds. The third-order valence-electron chi connectivity index (χ3n) is 4.52. The lowest BCUT2D eigenvalue weighted by Crippen LogP contribution is -2.19. The van der Waals surface area contributed by atoms with Crippen molar-refractivity contribution in [2.45, 2.75) is 38.1 Å². The van der Waals surface area contributed by atoms with Crippen LogP contribution in [0.1, 0.15) is 43.7 Å². The van der Waals surface area contributed by atoms with Crippen molar-refractivity contribution in [3.05, 3.63) is 19.2 Å². The first-order valence-electron chi connectivity index (χ1n) is 6.33. The van der Waals surface area contributed by atoms with Gasteiger partial charge in [0.25, 0.3) is 0 Å². The van der Waals surface area contributed by atoms with Crippen molar-refractivity contribution in [3.8, 4) is 0 Å². The number of halogens is 2. The smallest absolute Gasteiger partial charge is 0.0758 e. The SMILES string of the molecule is NC(CC1CC2CCC1C2)c1cc(Br)sc1Br. The molecule has 2 aliphatic rings. The summed E-state index contributed by atoms with van der Waals surface area (Å²) in [4.78, 5) is 0. The van der Waals surface area contributed by atoms with E-state index >= 15 is 0 Å². The highest BCUT2D eigenvalue weighted by Crippen LogP contribution is 2.51. The van der Waals surface area contributed by atoms with Crippen LogP contribution < -0.4 is 5.73 Å². The zero-order chi connectivity index (χ0) is 12.0. The second-order valence-electron chi connectivity index (χ2n) is 5.56. The fourth-order valence-corrected chi connectivity index (χ4v) is 6.72. The maximum atomic E-state index is 6.38. The van der Waals surface area contributed by atoms with Crippen molar-refractivity contribution < 1.29 is 0 Å². The van der Waals surface area contributed by atoms with Crippen molar-refractivity contribution in [2.24, 2.45) is 23.5 Å². The van der Waals surface area contributed by atoms with Gasteiger partial charge in [-0.05, 0) is 86.9 Å². The highest BCUT2D eigenvalue weighted by molar-refractivity contribution is 9.12. The van der Waals surface area contributed by atoms with E-state index in [1.807, 2.05) is 0 Å². The Balaban J connectivity index is 1.67. The Labute approximate surface area is 123 Å². The molecule has 0 saturated heterocycles. The van der Waals surface area contributed by atoms with Gasteiger partial charge in [0.05, 0.1) is 7.57 Å². The number of rotatable bonds is 3. The maximum Gasteiger partial charge on any atom is 0.0758 e. The van der Waals surface area contributed by atoms with Gasteiger partial charge in [-0.1, -0.05) is 6.42 Å². The number of hydrogen-bond acceptors (Lipinski definition) is 2. The summed E-state index contributed by atoms with van der Waals surface area (Å²) >= 11 is 8.87. The highest BCUT2D eigenvalue weighted by Gasteiger charge is 2.40. The first-order chi connectivity index (χ1) is 8.13. The normalized spacial score (nSPS) is 33.2. The lowest BCUT2D eigenvalue weighted by molar-refractivity contribution is 0.296. The van der Waals surface area contributed by atoms with Crippen LogP contribution >= 0.6 is 43.2 Å². The number of thiophene rings is 1. The fourth-order valence-electron chi connectivity index (χ4n) is 3.72. The van der Waals surface area contributed by atoms with E-state index in [2.05, 4.69) is 37.9 Å². The molecule has 2 aliphatic carbocycles. The van der Waals surface area contributed by atoms with Gasteiger partial charge < -0.3 is 5.73 Å². The van der Waals surface area contributed by atoms with Gasteiger partial charge in [0, 0.05) is 6.04 Å². The summed E-state index contributed by atoms with van der Waals surface area (Å²) in [5.74, 6) is 2.89. The van der Waals surface area contributed by atoms with E-state index in [1.165, 1.54) is 45.2 Å². The predicted molar refractivity (Wildman–Crippen MR) is 80.2 cm³/mol. The van der Waals surface area contributed by atoms with E-state index in [-0.39, 0.29) is 6.04 Å². The first-order valence-corrected chi connectivity index (χ1v) is 8.74. The molecule has 0 aromatic carbocycles. The Morgan fingerprint density at radius 1 is 1.35 bits per heavy atom. The van der Waals surface area contributed by atoms with E-state index in [4.69, 9.17) is 5.73 Å². The molecule has 2 bridgehead atoms. The summed E-state index contributed by atoms with van der Waals surface area (Å²) < 4.78 is 2.36. The van der Waals surface area contributed by atoms with Crippen molar-refractivity contribution >= 4 is 43.2 Å². The summed E-state index contributed by atoms with van der Waals surface area (Å²) in [5.41, 5.74) is 7.66. The van der Waals surface area contributed by atoms with Crippen LogP contribution in [-0.2, 0) is 0 Å². The lowest BCUT2D eigenvalue weighted by Gasteiger charge is -2.24. The quantitative estimate of drug-likeness (QED) is 0.777. The van der Waals surface area contributed by atoms with E-state index in [9.17, 15) is 0 Å². The Hall–Kier alpha value is 0.620. The van der Waals surface area contributed by atoms with Gasteiger partial charge in [0.2, 0.25) is 0 Å². The molecule has 0 radical (unpaired) electrons. The summed E-state index contributed by atoms with van der Waals surface area (Å²) in [6, 6.07) is 2.38. The molecule has 2 saturated carbocycles. The Kier molecular flexibility index (Phi) is 3.68. The Morgan fingerprint density at radius 2 is 2.18 bits per heavy atom. The molecule has 4 unspecified atom stereocenters. The van der Waals surface area contributed by atoms with Crippen molar-refractivity contribution in [1.82, 2.24) is 0 Å². The van der Waals surface area contributed by atoms with Gasteiger partial charge in [-0.3, -0.25) is 0 Å². The average Bonchev–Trinajstić information content (AvgIpc) is 2.93. The summed E-state index contributed by atoms with van der Waals surface area (Å²) in [6.07, 6.45) is 7.01. The van der Waals surface area contributed by atoms with Crippen LogP contribution in [0, 0.1) is 17.8 Å². The van der Waals surface area contributed by atoms with E-state index in [0.29, 0.717) is 0 Å². The van der Waals surface area contributed by atoms with Gasteiger partial charge in [-0.15, -0.1) is 11.3 Å². The monoisotopic (exact) mass is 377 g/mol. The van der Waals surface area contributed by atoms with E-state index < -0.39 is 0 Å². The van der Waals surface area contributed by atoms with Crippen LogP contribution in [0.25, 0.3) is 0 Å². The molecule has 2 fully saturated rings. The molecular weight excluding hydrogens is 362 g/mol. The number of fused-ring (bicyclic) bond motifs is 2. The van der Waals surface area contributed by atoms with Crippen LogP contribution in [0.5, 0.6) is 0 Å². The van der Waals surface area contributed by atoms with Crippen LogP contribution in [0.2, 0.25) is 0 Å². The van der Waals surface area contributed by atoms with Gasteiger partial charge in [0.1, 0.15) is 0 Å². The van der Waals surface area contributed by atoms with Gasteiger partial charge >= 0.3 is 0 Å². The number of hydrogen-bond donors (Lipinski definition) is 1. The molecule has 3 rings (SSSR count). The van der Waals surface area contributed by atoms with Gasteiger partial charge in [-0.25, -0.2) is 0 Å². The molecule has 94 valence electrons. The second kappa shape index (κ2) is 4.95. The molecule has 1 nitrogen and oxygen atoms in total. The third kappa shape index (κ3) is 2.51. The highest BCUT2D eigenvalue weighted by atomic mass is 79.9. The zero-order valence-electron chi connectivity index (χ0n) is 9.66. The summed E-state index contributed by atoms with van der Waals surface area (Å²) in [5, 5.41) is 0. The standard InChI is InChI=1S/C13H17Br2NS/c14-12-6-10(13(15)17-12)11(16)5-9-4-7-1-2-8(9)3-7/h6-9,11H,1-5,16H2. The molecule has 2 N–H and O–H groups in total. The first kappa shape index (κ1) is 12.6. The Bertz CT molecular complexity index is 418. The predicted octanol–water partition coefficient (Wildman–Crippen LogP) is 5.10. The Morgan fingerprint density at radius 3 is 2.71 bits per heavy atom. The maximum absolute atomic E-state index is 6.38. The van der Waals surface area contributed by atoms with Crippen LogP contribution in [0.3, 0.4) is 0 Å². The topological polar surface area (TPSA) is 26.0 Å². The molecule has 0 aliphatic heterocycles. The lowest BCUT2D eigenvalue weighted by atomic mass is 9.83. The third-order valence-corrected chi connectivity index (χ3v) is 6.91. The molecule has 4 atom stereocenters. The average molecular weight is 379 g/mol. The summed E-state index contributed by atoms with van der Waals surface area (Å²) in [6.45, 7) is 0. The number of nitrogens with two attached hydrogens (primary N) is 1. The molecule has 1 aromatic rings. The molecule has 1 aromatic heterocycles. The largest absolute Gasteiger partial charge is 0.324 e. The van der Waals surface area contributed by atoms with Gasteiger partial charge in [0.15, 0.2) is 0 Å². The van der Waals surface area contributed by atoms with Crippen molar-refractivity contribution in [1.29, 1.82) is 0 Å². The van der Waals surface area contributed by atoms with Crippen LogP contribution in [0.15, 0.2) is 13.6 Å². The minimum Gasteiger partial charge on any atom is -0.324 e. The van der Waals surface area contributed by atoms with Crippen molar-refractivity contribution in [3.63, 3.8) is 0 Å². The molecular formula is C13H17Br2NS. The minimum absolute atomic E-state index is 0.205. The van der Waals surface area contributed by atoms with Crippen LogP contribution in [0.4, 0.5) is 0 Å². The van der Waals surface area contributed by atoms with E-state index in [0.717, 1.165) is 17.8 Å².